The molecule has 2 atom stereocenters. The third kappa shape index (κ3) is 2.65. The Morgan fingerprint density at radius 2 is 2.11 bits per heavy atom. The molecule has 1 fully saturated rings. The molecule has 3 heteroatoms. The Labute approximate surface area is 112 Å². The van der Waals surface area contributed by atoms with E-state index in [-0.39, 0.29) is 5.54 Å². The van der Waals surface area contributed by atoms with E-state index in [1.807, 2.05) is 0 Å². The fourth-order valence-corrected chi connectivity index (χ4v) is 3.80. The summed E-state index contributed by atoms with van der Waals surface area (Å²) >= 11 is 0. The molecule has 0 amide bonds. The van der Waals surface area contributed by atoms with E-state index in [9.17, 15) is 0 Å². The lowest BCUT2D eigenvalue weighted by Gasteiger charge is -2.39. The molecule has 0 aromatic heterocycles. The van der Waals surface area contributed by atoms with Crippen molar-refractivity contribution in [3.8, 4) is 0 Å². The van der Waals surface area contributed by atoms with Crippen LogP contribution in [-0.2, 0) is 0 Å². The van der Waals surface area contributed by atoms with Crippen LogP contribution in [0.25, 0.3) is 0 Å². The Balaban J connectivity index is 2.03. The summed E-state index contributed by atoms with van der Waals surface area (Å²) in [5, 5.41) is 0. The zero-order chi connectivity index (χ0) is 13.0. The van der Waals surface area contributed by atoms with Crippen molar-refractivity contribution in [1.29, 1.82) is 0 Å². The Morgan fingerprint density at radius 3 is 2.83 bits per heavy atom. The maximum atomic E-state index is 6.09. The highest BCUT2D eigenvalue weighted by Crippen LogP contribution is 2.38. The van der Waals surface area contributed by atoms with E-state index in [0.717, 1.165) is 31.4 Å². The summed E-state index contributed by atoms with van der Waals surface area (Å²) in [5.41, 5.74) is 6.37. The standard InChI is InChI=1S/C15H29N3/c1-3-6-13-7-5-9-15(10-8-13)12-17-14(16)18(15)11-4-2/h13H,3-12H2,1-2H3,(H2,16,17). The molecule has 1 aliphatic heterocycles. The number of nitrogens with zero attached hydrogens (tertiary/aromatic N) is 2. The summed E-state index contributed by atoms with van der Waals surface area (Å²) in [6.07, 6.45) is 10.6. The molecule has 2 rings (SSSR count). The van der Waals surface area contributed by atoms with Crippen LogP contribution >= 0.6 is 0 Å². The zero-order valence-electron chi connectivity index (χ0n) is 12.1. The van der Waals surface area contributed by atoms with E-state index < -0.39 is 0 Å². The zero-order valence-corrected chi connectivity index (χ0v) is 12.1. The van der Waals surface area contributed by atoms with Crippen molar-refractivity contribution in [2.45, 2.75) is 70.8 Å². The van der Waals surface area contributed by atoms with E-state index in [0.29, 0.717) is 0 Å². The molecule has 1 aliphatic carbocycles. The number of hydrogen-bond acceptors (Lipinski definition) is 3. The Morgan fingerprint density at radius 1 is 1.28 bits per heavy atom. The number of guanidine groups is 1. The van der Waals surface area contributed by atoms with E-state index in [1.54, 1.807) is 0 Å². The normalized spacial score (nSPS) is 32.7. The summed E-state index contributed by atoms with van der Waals surface area (Å²) in [7, 11) is 0. The fourth-order valence-electron chi connectivity index (χ4n) is 3.80. The van der Waals surface area contributed by atoms with Gasteiger partial charge in [-0.3, -0.25) is 4.99 Å². The predicted molar refractivity (Wildman–Crippen MR) is 77.7 cm³/mol. The maximum Gasteiger partial charge on any atom is 0.191 e. The molecule has 3 nitrogen and oxygen atoms in total. The van der Waals surface area contributed by atoms with Crippen molar-refractivity contribution in [2.75, 3.05) is 13.1 Å². The van der Waals surface area contributed by atoms with Gasteiger partial charge in [-0.2, -0.15) is 0 Å². The highest BCUT2D eigenvalue weighted by atomic mass is 15.4. The summed E-state index contributed by atoms with van der Waals surface area (Å²) in [6, 6.07) is 0. The molecule has 2 aliphatic rings. The Hall–Kier alpha value is -0.730. The summed E-state index contributed by atoms with van der Waals surface area (Å²) in [6.45, 7) is 6.56. The van der Waals surface area contributed by atoms with Crippen LogP contribution in [0, 0.1) is 5.92 Å². The van der Waals surface area contributed by atoms with Crippen molar-refractivity contribution >= 4 is 5.96 Å². The van der Waals surface area contributed by atoms with E-state index in [4.69, 9.17) is 5.73 Å². The number of nitrogens with two attached hydrogens (primary N) is 1. The van der Waals surface area contributed by atoms with Crippen LogP contribution in [0.3, 0.4) is 0 Å². The summed E-state index contributed by atoms with van der Waals surface area (Å²) in [5.74, 6) is 1.74. The molecule has 104 valence electrons. The van der Waals surface area contributed by atoms with Gasteiger partial charge >= 0.3 is 0 Å². The second kappa shape index (κ2) is 5.94. The average Bonchev–Trinajstić information content (AvgIpc) is 2.55. The largest absolute Gasteiger partial charge is 0.370 e. The third-order valence-corrected chi connectivity index (χ3v) is 4.80. The van der Waals surface area contributed by atoms with Crippen LogP contribution in [0.5, 0.6) is 0 Å². The van der Waals surface area contributed by atoms with Gasteiger partial charge in [0, 0.05) is 6.54 Å². The van der Waals surface area contributed by atoms with Crippen molar-refractivity contribution < 1.29 is 0 Å². The van der Waals surface area contributed by atoms with Gasteiger partial charge in [-0.1, -0.05) is 39.5 Å². The monoisotopic (exact) mass is 251 g/mol. The van der Waals surface area contributed by atoms with E-state index in [2.05, 4.69) is 23.7 Å². The maximum absolute atomic E-state index is 6.09. The smallest absolute Gasteiger partial charge is 0.191 e. The van der Waals surface area contributed by atoms with Crippen LogP contribution in [0.1, 0.15) is 65.2 Å². The van der Waals surface area contributed by atoms with Crippen LogP contribution in [0.2, 0.25) is 0 Å². The van der Waals surface area contributed by atoms with Gasteiger partial charge in [0.1, 0.15) is 0 Å². The minimum Gasteiger partial charge on any atom is -0.370 e. The first-order valence-electron chi connectivity index (χ1n) is 7.79. The van der Waals surface area contributed by atoms with Crippen LogP contribution in [-0.4, -0.2) is 29.5 Å². The van der Waals surface area contributed by atoms with Crippen LogP contribution < -0.4 is 5.73 Å². The van der Waals surface area contributed by atoms with Crippen LogP contribution in [0.15, 0.2) is 4.99 Å². The first kappa shape index (κ1) is 13.7. The van der Waals surface area contributed by atoms with Gasteiger partial charge in [-0.15, -0.1) is 0 Å². The summed E-state index contributed by atoms with van der Waals surface area (Å²) < 4.78 is 0. The molecule has 1 saturated carbocycles. The lowest BCUT2D eigenvalue weighted by atomic mass is 9.88. The number of rotatable bonds is 4. The van der Waals surface area contributed by atoms with Gasteiger partial charge in [0.15, 0.2) is 5.96 Å². The SMILES string of the molecule is CCCC1CCCC2(CC1)CN=C(N)N2CCC. The Bertz CT molecular complexity index is 300. The van der Waals surface area contributed by atoms with Gasteiger partial charge in [0.05, 0.1) is 12.1 Å². The molecule has 0 saturated heterocycles. The van der Waals surface area contributed by atoms with Gasteiger partial charge in [-0.25, -0.2) is 0 Å². The molecular formula is C15H29N3. The first-order chi connectivity index (χ1) is 8.72. The summed E-state index contributed by atoms with van der Waals surface area (Å²) in [4.78, 5) is 6.96. The van der Waals surface area contributed by atoms with Gasteiger partial charge in [0.25, 0.3) is 0 Å². The van der Waals surface area contributed by atoms with E-state index in [1.165, 1.54) is 44.9 Å². The van der Waals surface area contributed by atoms with Crippen molar-refractivity contribution in [2.24, 2.45) is 16.6 Å². The lowest BCUT2D eigenvalue weighted by molar-refractivity contribution is 0.172. The highest BCUT2D eigenvalue weighted by molar-refractivity contribution is 5.81. The predicted octanol–water partition coefficient (Wildman–Crippen LogP) is 3.15. The molecule has 0 bridgehead atoms. The third-order valence-electron chi connectivity index (χ3n) is 4.80. The van der Waals surface area contributed by atoms with Crippen molar-refractivity contribution in [1.82, 2.24) is 4.90 Å². The van der Waals surface area contributed by atoms with Gasteiger partial charge in [-0.05, 0) is 31.6 Å². The number of aliphatic imine (C=N–C) groups is 1. The topological polar surface area (TPSA) is 41.6 Å². The van der Waals surface area contributed by atoms with Gasteiger partial charge in [0.2, 0.25) is 0 Å². The highest BCUT2D eigenvalue weighted by Gasteiger charge is 2.42. The fraction of sp³-hybridized carbons (Fsp3) is 0.933. The second-order valence-electron chi connectivity index (χ2n) is 6.14. The van der Waals surface area contributed by atoms with Crippen molar-refractivity contribution in [3.63, 3.8) is 0 Å². The van der Waals surface area contributed by atoms with Crippen molar-refractivity contribution in [3.05, 3.63) is 0 Å². The number of hydrogen-bond donors (Lipinski definition) is 1. The molecule has 18 heavy (non-hydrogen) atoms. The molecule has 1 heterocycles. The van der Waals surface area contributed by atoms with Gasteiger partial charge < -0.3 is 10.6 Å². The Kier molecular flexibility index (Phi) is 4.52. The molecule has 2 unspecified atom stereocenters. The molecular weight excluding hydrogens is 222 g/mol. The lowest BCUT2D eigenvalue weighted by Crippen LogP contribution is -2.51. The average molecular weight is 251 g/mol. The quantitative estimate of drug-likeness (QED) is 0.834. The molecule has 0 aromatic rings. The van der Waals surface area contributed by atoms with Crippen LogP contribution in [0.4, 0.5) is 0 Å². The minimum atomic E-state index is 0.280. The molecule has 1 spiro atoms. The van der Waals surface area contributed by atoms with E-state index >= 15 is 0 Å². The molecule has 0 aromatic carbocycles. The second-order valence-corrected chi connectivity index (χ2v) is 6.14. The molecule has 0 radical (unpaired) electrons. The first-order valence-corrected chi connectivity index (χ1v) is 7.79. The molecule has 2 N–H and O–H groups in total. The minimum absolute atomic E-state index is 0.280.